The normalized spacial score (nSPS) is 10.7. The third-order valence-electron chi connectivity index (χ3n) is 3.16. The van der Waals surface area contributed by atoms with Crippen molar-refractivity contribution in [2.75, 3.05) is 11.9 Å². The van der Waals surface area contributed by atoms with Crippen LogP contribution in [0.25, 0.3) is 0 Å². The van der Waals surface area contributed by atoms with Gasteiger partial charge in [0.15, 0.2) is 0 Å². The molecule has 0 saturated heterocycles. The predicted octanol–water partition coefficient (Wildman–Crippen LogP) is 2.87. The molecule has 0 spiro atoms. The van der Waals surface area contributed by atoms with Gasteiger partial charge in [0.05, 0.1) is 18.8 Å². The van der Waals surface area contributed by atoms with Gasteiger partial charge in [-0.25, -0.2) is 0 Å². The first-order valence-electron chi connectivity index (χ1n) is 6.25. The van der Waals surface area contributed by atoms with Crippen molar-refractivity contribution in [3.63, 3.8) is 0 Å². The van der Waals surface area contributed by atoms with Crippen molar-refractivity contribution in [3.8, 4) is 0 Å². The highest BCUT2D eigenvalue weighted by atomic mass is 79.9. The van der Waals surface area contributed by atoms with Crippen LogP contribution in [-0.2, 0) is 13.1 Å². The number of aliphatic hydroxyl groups excluding tert-OH is 1. The van der Waals surface area contributed by atoms with Crippen LogP contribution in [0.1, 0.15) is 17.0 Å². The summed E-state index contributed by atoms with van der Waals surface area (Å²) < 4.78 is 2.93. The molecule has 0 amide bonds. The predicted molar refractivity (Wildman–Crippen MR) is 80.3 cm³/mol. The van der Waals surface area contributed by atoms with Crippen LogP contribution < -0.4 is 5.32 Å². The molecule has 0 fully saturated rings. The number of hydrogen-bond donors (Lipinski definition) is 2. The number of halogens is 1. The number of benzene rings is 1. The van der Waals surface area contributed by atoms with E-state index in [4.69, 9.17) is 5.11 Å². The van der Waals surface area contributed by atoms with E-state index in [1.54, 1.807) is 0 Å². The smallest absolute Gasteiger partial charge is 0.0646 e. The number of aromatic nitrogens is 2. The van der Waals surface area contributed by atoms with Crippen molar-refractivity contribution >= 4 is 21.6 Å². The number of aryl methyl sites for hydroxylation is 1. The maximum Gasteiger partial charge on any atom is 0.0646 e. The molecule has 0 atom stereocenters. The number of hydrogen-bond acceptors (Lipinski definition) is 3. The molecule has 0 aliphatic carbocycles. The van der Waals surface area contributed by atoms with Gasteiger partial charge in [-0.3, -0.25) is 4.68 Å². The Balaban J connectivity index is 2.09. The Bertz CT molecular complexity index is 549. The highest BCUT2D eigenvalue weighted by Gasteiger charge is 2.10. The standard InChI is InChI=1S/C14H18BrN3O/c1-10-14(11(2)18(17-10)7-8-19)9-16-13-5-3-12(15)4-6-13/h3-6,16,19H,7-9H2,1-2H3. The average molecular weight is 324 g/mol. The number of anilines is 1. The summed E-state index contributed by atoms with van der Waals surface area (Å²) >= 11 is 3.42. The van der Waals surface area contributed by atoms with Gasteiger partial charge in [-0.05, 0) is 38.1 Å². The highest BCUT2D eigenvalue weighted by Crippen LogP contribution is 2.18. The van der Waals surface area contributed by atoms with E-state index in [1.807, 2.05) is 42.8 Å². The molecule has 0 aliphatic rings. The third kappa shape index (κ3) is 3.36. The second-order valence-corrected chi connectivity index (χ2v) is 5.37. The monoisotopic (exact) mass is 323 g/mol. The highest BCUT2D eigenvalue weighted by molar-refractivity contribution is 9.10. The van der Waals surface area contributed by atoms with Crippen LogP contribution in [0.5, 0.6) is 0 Å². The Labute approximate surface area is 121 Å². The molecule has 0 bridgehead atoms. The molecule has 102 valence electrons. The fraction of sp³-hybridized carbons (Fsp3) is 0.357. The number of nitrogens with one attached hydrogen (secondary N) is 1. The van der Waals surface area contributed by atoms with E-state index >= 15 is 0 Å². The van der Waals surface area contributed by atoms with Crippen molar-refractivity contribution < 1.29 is 5.11 Å². The fourth-order valence-electron chi connectivity index (χ4n) is 2.06. The molecule has 0 aliphatic heterocycles. The molecule has 1 heterocycles. The first-order chi connectivity index (χ1) is 9.11. The molecule has 2 rings (SSSR count). The fourth-order valence-corrected chi connectivity index (χ4v) is 2.32. The quantitative estimate of drug-likeness (QED) is 0.889. The number of aliphatic hydroxyl groups is 1. The Morgan fingerprint density at radius 2 is 1.95 bits per heavy atom. The van der Waals surface area contributed by atoms with Crippen LogP contribution in [0.3, 0.4) is 0 Å². The summed E-state index contributed by atoms with van der Waals surface area (Å²) in [6, 6.07) is 8.09. The van der Waals surface area contributed by atoms with Gasteiger partial charge in [-0.1, -0.05) is 15.9 Å². The van der Waals surface area contributed by atoms with Crippen molar-refractivity contribution in [1.29, 1.82) is 0 Å². The van der Waals surface area contributed by atoms with Crippen molar-refractivity contribution in [2.24, 2.45) is 0 Å². The topological polar surface area (TPSA) is 50.1 Å². The van der Waals surface area contributed by atoms with E-state index < -0.39 is 0 Å². The number of rotatable bonds is 5. The maximum absolute atomic E-state index is 9.00. The summed E-state index contributed by atoms with van der Waals surface area (Å²) in [6.45, 7) is 5.44. The Hall–Kier alpha value is -1.33. The van der Waals surface area contributed by atoms with Crippen LogP contribution in [0, 0.1) is 13.8 Å². The SMILES string of the molecule is Cc1nn(CCO)c(C)c1CNc1ccc(Br)cc1. The maximum atomic E-state index is 9.00. The van der Waals surface area contributed by atoms with E-state index in [2.05, 4.69) is 26.3 Å². The van der Waals surface area contributed by atoms with Crippen LogP contribution in [0.2, 0.25) is 0 Å². The second-order valence-electron chi connectivity index (χ2n) is 4.46. The van der Waals surface area contributed by atoms with Gasteiger partial charge in [-0.15, -0.1) is 0 Å². The summed E-state index contributed by atoms with van der Waals surface area (Å²) in [6.07, 6.45) is 0. The van der Waals surface area contributed by atoms with Crippen LogP contribution >= 0.6 is 15.9 Å². The summed E-state index contributed by atoms with van der Waals surface area (Å²) in [5, 5.41) is 16.8. The summed E-state index contributed by atoms with van der Waals surface area (Å²) in [5.74, 6) is 0. The van der Waals surface area contributed by atoms with Crippen molar-refractivity contribution in [1.82, 2.24) is 9.78 Å². The van der Waals surface area contributed by atoms with Gasteiger partial charge >= 0.3 is 0 Å². The molecule has 2 aromatic rings. The molecule has 5 heteroatoms. The van der Waals surface area contributed by atoms with Crippen molar-refractivity contribution in [2.45, 2.75) is 26.9 Å². The van der Waals surface area contributed by atoms with E-state index in [-0.39, 0.29) is 6.61 Å². The lowest BCUT2D eigenvalue weighted by Crippen LogP contribution is -2.07. The largest absolute Gasteiger partial charge is 0.394 e. The van der Waals surface area contributed by atoms with E-state index in [1.165, 1.54) is 5.56 Å². The molecule has 0 saturated carbocycles. The van der Waals surface area contributed by atoms with E-state index in [9.17, 15) is 0 Å². The van der Waals surface area contributed by atoms with Gasteiger partial charge in [-0.2, -0.15) is 5.10 Å². The first kappa shape index (κ1) is 14.1. The van der Waals surface area contributed by atoms with Gasteiger partial charge in [0.1, 0.15) is 0 Å². The van der Waals surface area contributed by atoms with E-state index in [0.29, 0.717) is 6.54 Å². The van der Waals surface area contributed by atoms with Gasteiger partial charge in [0.25, 0.3) is 0 Å². The molecular weight excluding hydrogens is 306 g/mol. The minimum atomic E-state index is 0.113. The molecule has 0 unspecified atom stereocenters. The molecule has 19 heavy (non-hydrogen) atoms. The minimum absolute atomic E-state index is 0.113. The molecule has 2 N–H and O–H groups in total. The molecule has 1 aromatic heterocycles. The molecule has 4 nitrogen and oxygen atoms in total. The average Bonchev–Trinajstić information content (AvgIpc) is 2.65. The first-order valence-corrected chi connectivity index (χ1v) is 7.04. The van der Waals surface area contributed by atoms with Crippen LogP contribution in [0.4, 0.5) is 5.69 Å². The minimum Gasteiger partial charge on any atom is -0.394 e. The zero-order valence-electron chi connectivity index (χ0n) is 11.2. The van der Waals surface area contributed by atoms with Crippen LogP contribution in [0.15, 0.2) is 28.7 Å². The van der Waals surface area contributed by atoms with E-state index in [0.717, 1.165) is 28.1 Å². The lowest BCUT2D eigenvalue weighted by Gasteiger charge is -2.07. The second kappa shape index (κ2) is 6.21. The summed E-state index contributed by atoms with van der Waals surface area (Å²) in [7, 11) is 0. The lowest BCUT2D eigenvalue weighted by molar-refractivity contribution is 0.268. The zero-order valence-corrected chi connectivity index (χ0v) is 12.7. The summed E-state index contributed by atoms with van der Waals surface area (Å²) in [4.78, 5) is 0. The van der Waals surface area contributed by atoms with Crippen molar-refractivity contribution in [3.05, 3.63) is 45.7 Å². The molecular formula is C14H18BrN3O. The van der Waals surface area contributed by atoms with Gasteiger partial charge in [0.2, 0.25) is 0 Å². The Morgan fingerprint density at radius 1 is 1.26 bits per heavy atom. The number of nitrogens with zero attached hydrogens (tertiary/aromatic N) is 2. The van der Waals surface area contributed by atoms with Gasteiger partial charge in [0, 0.05) is 28.0 Å². The molecule has 1 aromatic carbocycles. The zero-order chi connectivity index (χ0) is 13.8. The summed E-state index contributed by atoms with van der Waals surface area (Å²) in [5.41, 5.74) is 4.39. The molecule has 0 radical (unpaired) electrons. The third-order valence-corrected chi connectivity index (χ3v) is 3.69. The lowest BCUT2D eigenvalue weighted by atomic mass is 10.2. The van der Waals surface area contributed by atoms with Gasteiger partial charge < -0.3 is 10.4 Å². The Kier molecular flexibility index (Phi) is 4.61. The Morgan fingerprint density at radius 3 is 2.58 bits per heavy atom. The van der Waals surface area contributed by atoms with Crippen LogP contribution in [-0.4, -0.2) is 21.5 Å².